The third kappa shape index (κ3) is 5.13. The summed E-state index contributed by atoms with van der Waals surface area (Å²) in [6.45, 7) is 6.38. The highest BCUT2D eigenvalue weighted by Crippen LogP contribution is 2.29. The van der Waals surface area contributed by atoms with Crippen LogP contribution in [0.5, 0.6) is 5.75 Å². The van der Waals surface area contributed by atoms with E-state index in [2.05, 4.69) is 15.5 Å². The van der Waals surface area contributed by atoms with Gasteiger partial charge in [0.05, 0.1) is 17.4 Å². The van der Waals surface area contributed by atoms with Crippen molar-refractivity contribution in [2.24, 2.45) is 5.92 Å². The van der Waals surface area contributed by atoms with Crippen molar-refractivity contribution in [1.82, 2.24) is 14.4 Å². The molecule has 0 unspecified atom stereocenters. The van der Waals surface area contributed by atoms with Crippen LogP contribution in [0.2, 0.25) is 0 Å². The van der Waals surface area contributed by atoms with Gasteiger partial charge in [-0.15, -0.1) is 0 Å². The second kappa shape index (κ2) is 9.94. The van der Waals surface area contributed by atoms with Crippen molar-refractivity contribution in [3.63, 3.8) is 0 Å². The Bertz CT molecular complexity index is 1270. The number of nitrogens with zero attached hydrogens (tertiary/aromatic N) is 3. The molecule has 2 heterocycles. The lowest BCUT2D eigenvalue weighted by Crippen LogP contribution is -2.43. The highest BCUT2D eigenvalue weighted by molar-refractivity contribution is 7.89. The summed E-state index contributed by atoms with van der Waals surface area (Å²) in [6, 6.07) is 12.2. The molecule has 0 aliphatic carbocycles. The normalized spacial score (nSPS) is 16.9. The third-order valence-corrected chi connectivity index (χ3v) is 7.79. The van der Waals surface area contributed by atoms with Crippen LogP contribution in [-0.4, -0.2) is 48.5 Å². The average molecular weight is 485 g/mol. The predicted molar refractivity (Wildman–Crippen MR) is 127 cm³/mol. The van der Waals surface area contributed by atoms with Crippen LogP contribution in [0.1, 0.15) is 31.2 Å². The summed E-state index contributed by atoms with van der Waals surface area (Å²) < 4.78 is 38.9. The smallest absolute Gasteiger partial charge is 0.243 e. The number of carbonyl (C=O) groups excluding carboxylic acids is 1. The molecule has 180 valence electrons. The molecule has 3 aromatic rings. The van der Waals surface area contributed by atoms with Crippen LogP contribution >= 0.6 is 0 Å². The van der Waals surface area contributed by atoms with Gasteiger partial charge >= 0.3 is 0 Å². The van der Waals surface area contributed by atoms with Gasteiger partial charge in [-0.2, -0.15) is 9.29 Å². The van der Waals surface area contributed by atoms with Crippen LogP contribution in [0.3, 0.4) is 0 Å². The van der Waals surface area contributed by atoms with Crippen LogP contribution < -0.4 is 10.1 Å². The molecule has 1 aliphatic heterocycles. The zero-order valence-electron chi connectivity index (χ0n) is 19.4. The van der Waals surface area contributed by atoms with Crippen LogP contribution in [-0.2, 0) is 14.8 Å². The molecule has 0 spiro atoms. The Balaban J connectivity index is 1.50. The monoisotopic (exact) mass is 484 g/mol. The lowest BCUT2D eigenvalue weighted by molar-refractivity contribution is -0.120. The van der Waals surface area contributed by atoms with Gasteiger partial charge in [-0.3, -0.25) is 4.79 Å². The second-order valence-corrected chi connectivity index (χ2v) is 10.2. The summed E-state index contributed by atoms with van der Waals surface area (Å²) in [5, 5.41) is 6.78. The number of piperidine rings is 1. The average Bonchev–Trinajstić information content (AvgIpc) is 3.27. The molecule has 1 atom stereocenters. The minimum absolute atomic E-state index is 0.121. The highest BCUT2D eigenvalue weighted by Gasteiger charge is 2.34. The van der Waals surface area contributed by atoms with Gasteiger partial charge < -0.3 is 14.6 Å². The Morgan fingerprint density at radius 3 is 2.65 bits per heavy atom. The van der Waals surface area contributed by atoms with E-state index in [1.807, 2.05) is 6.92 Å². The molecular formula is C24H28N4O5S. The van der Waals surface area contributed by atoms with Crippen molar-refractivity contribution in [2.75, 3.05) is 25.0 Å². The molecule has 1 saturated heterocycles. The zero-order valence-corrected chi connectivity index (χ0v) is 20.3. The Morgan fingerprint density at radius 2 is 1.97 bits per heavy atom. The van der Waals surface area contributed by atoms with Gasteiger partial charge in [0, 0.05) is 31.3 Å². The largest absolute Gasteiger partial charge is 0.494 e. The number of sulfonamides is 1. The first kappa shape index (κ1) is 23.9. The van der Waals surface area contributed by atoms with Gasteiger partial charge in [0.1, 0.15) is 5.75 Å². The number of hydrogen-bond acceptors (Lipinski definition) is 7. The number of aromatic nitrogens is 2. The van der Waals surface area contributed by atoms with Crippen molar-refractivity contribution in [3.8, 4) is 17.1 Å². The highest BCUT2D eigenvalue weighted by atomic mass is 32.2. The first-order valence-corrected chi connectivity index (χ1v) is 12.7. The minimum Gasteiger partial charge on any atom is -0.494 e. The molecule has 4 rings (SSSR count). The zero-order chi connectivity index (χ0) is 24.3. The Labute approximate surface area is 199 Å². The van der Waals surface area contributed by atoms with Crippen molar-refractivity contribution < 1.29 is 22.5 Å². The van der Waals surface area contributed by atoms with E-state index in [0.717, 1.165) is 5.75 Å². The molecule has 1 aromatic heterocycles. The molecule has 0 bridgehead atoms. The minimum atomic E-state index is -3.82. The SMILES string of the molecule is CCOc1ccc(NC(=O)[C@H]2CCCN(S(=O)(=O)c3cc(-c4noc(C)n4)ccc3C)C2)cc1. The van der Waals surface area contributed by atoms with E-state index in [0.29, 0.717) is 54.5 Å². The van der Waals surface area contributed by atoms with Crippen LogP contribution in [0, 0.1) is 19.8 Å². The Hall–Kier alpha value is -3.24. The molecule has 1 amide bonds. The summed E-state index contributed by atoms with van der Waals surface area (Å²) >= 11 is 0. The number of nitrogens with one attached hydrogen (secondary N) is 1. The van der Waals surface area contributed by atoms with E-state index in [1.54, 1.807) is 56.3 Å². The summed E-state index contributed by atoms with van der Waals surface area (Å²) in [5.74, 6) is 0.817. The van der Waals surface area contributed by atoms with Gasteiger partial charge in [-0.05, 0) is 62.6 Å². The molecule has 1 fully saturated rings. The van der Waals surface area contributed by atoms with Gasteiger partial charge in [0.2, 0.25) is 27.6 Å². The number of ether oxygens (including phenoxy) is 1. The van der Waals surface area contributed by atoms with E-state index in [4.69, 9.17) is 9.26 Å². The quantitative estimate of drug-likeness (QED) is 0.542. The second-order valence-electron chi connectivity index (χ2n) is 8.27. The van der Waals surface area contributed by atoms with Crippen molar-refractivity contribution in [3.05, 3.63) is 53.9 Å². The van der Waals surface area contributed by atoms with E-state index >= 15 is 0 Å². The maximum atomic E-state index is 13.5. The van der Waals surface area contributed by atoms with E-state index in [1.165, 1.54) is 4.31 Å². The number of carbonyl (C=O) groups is 1. The topological polar surface area (TPSA) is 115 Å². The van der Waals surface area contributed by atoms with Crippen molar-refractivity contribution >= 4 is 21.6 Å². The lowest BCUT2D eigenvalue weighted by atomic mass is 9.99. The summed E-state index contributed by atoms with van der Waals surface area (Å²) in [4.78, 5) is 17.3. The number of anilines is 1. The van der Waals surface area contributed by atoms with Crippen molar-refractivity contribution in [1.29, 1.82) is 0 Å². The molecule has 34 heavy (non-hydrogen) atoms. The first-order valence-electron chi connectivity index (χ1n) is 11.2. The fourth-order valence-corrected chi connectivity index (χ4v) is 5.77. The number of rotatable bonds is 7. The number of aryl methyl sites for hydroxylation is 2. The van der Waals surface area contributed by atoms with E-state index < -0.39 is 15.9 Å². The molecule has 0 saturated carbocycles. The Morgan fingerprint density at radius 1 is 1.21 bits per heavy atom. The lowest BCUT2D eigenvalue weighted by Gasteiger charge is -2.31. The summed E-state index contributed by atoms with van der Waals surface area (Å²) in [5.41, 5.74) is 1.82. The maximum absolute atomic E-state index is 13.5. The molecule has 9 nitrogen and oxygen atoms in total. The molecule has 10 heteroatoms. The third-order valence-electron chi connectivity index (χ3n) is 5.78. The molecular weight excluding hydrogens is 456 g/mol. The van der Waals surface area contributed by atoms with Crippen LogP contribution in [0.4, 0.5) is 5.69 Å². The van der Waals surface area contributed by atoms with Gasteiger partial charge in [0.15, 0.2) is 0 Å². The van der Waals surface area contributed by atoms with Gasteiger partial charge in [-0.1, -0.05) is 17.3 Å². The van der Waals surface area contributed by atoms with Crippen LogP contribution in [0.15, 0.2) is 51.9 Å². The number of amides is 1. The summed E-state index contributed by atoms with van der Waals surface area (Å²) in [7, 11) is -3.82. The van der Waals surface area contributed by atoms with Gasteiger partial charge in [0.25, 0.3) is 0 Å². The Kier molecular flexibility index (Phi) is 6.99. The number of benzene rings is 2. The fourth-order valence-electron chi connectivity index (χ4n) is 3.99. The van der Waals surface area contributed by atoms with Crippen LogP contribution in [0.25, 0.3) is 11.4 Å². The number of hydrogen-bond donors (Lipinski definition) is 1. The molecule has 2 aromatic carbocycles. The fraction of sp³-hybridized carbons (Fsp3) is 0.375. The molecule has 1 aliphatic rings. The maximum Gasteiger partial charge on any atom is 0.243 e. The first-order chi connectivity index (χ1) is 16.3. The van der Waals surface area contributed by atoms with Crippen molar-refractivity contribution in [2.45, 2.75) is 38.5 Å². The summed E-state index contributed by atoms with van der Waals surface area (Å²) in [6.07, 6.45) is 1.22. The predicted octanol–water partition coefficient (Wildman–Crippen LogP) is 3.79. The van der Waals surface area contributed by atoms with Gasteiger partial charge in [-0.25, -0.2) is 8.42 Å². The molecule has 0 radical (unpaired) electrons. The van der Waals surface area contributed by atoms with E-state index in [9.17, 15) is 13.2 Å². The standard InChI is InChI=1S/C24H28N4O5S/c1-4-32-21-11-9-20(10-12-21)26-24(29)19-6-5-13-28(15-19)34(30,31)22-14-18(8-7-16(22)2)23-25-17(3)33-27-23/h7-12,14,19H,4-6,13,15H2,1-3H3,(H,26,29)/t19-/m0/s1. The van der Waals surface area contributed by atoms with E-state index in [-0.39, 0.29) is 17.3 Å². The molecule has 1 N–H and O–H groups in total.